The van der Waals surface area contributed by atoms with Crippen molar-refractivity contribution in [3.8, 4) is 0 Å². The molecule has 1 fully saturated rings. The molecule has 1 saturated heterocycles. The van der Waals surface area contributed by atoms with Crippen LogP contribution in [0.15, 0.2) is 0 Å². The smallest absolute Gasteiger partial charge is 0.253 e. The quantitative estimate of drug-likeness (QED) is 0.438. The molecule has 0 saturated carbocycles. The van der Waals surface area contributed by atoms with Gasteiger partial charge in [-0.05, 0) is 6.92 Å². The number of amides is 1. The fraction of sp³-hybridized carbons (Fsp3) is 0.800. The Balaban J connectivity index is 2.57. The van der Waals surface area contributed by atoms with E-state index < -0.39 is 0 Å². The van der Waals surface area contributed by atoms with Gasteiger partial charge in [0.2, 0.25) is 0 Å². The number of likely N-dealkylation sites (N-methyl/N-ethyl adjacent to an activating group) is 1. The van der Waals surface area contributed by atoms with Gasteiger partial charge in [0.05, 0.1) is 0 Å². The molecule has 1 amide bonds. The van der Waals surface area contributed by atoms with Gasteiger partial charge in [-0.1, -0.05) is 0 Å². The summed E-state index contributed by atoms with van der Waals surface area (Å²) in [6.45, 7) is 2.20. The molecule has 8 heavy (non-hydrogen) atoms. The van der Waals surface area contributed by atoms with E-state index in [4.69, 9.17) is 4.74 Å². The van der Waals surface area contributed by atoms with Crippen molar-refractivity contribution in [3.63, 3.8) is 0 Å². The van der Waals surface area contributed by atoms with Crippen LogP contribution >= 0.6 is 0 Å². The van der Waals surface area contributed by atoms with Crippen molar-refractivity contribution < 1.29 is 9.53 Å². The van der Waals surface area contributed by atoms with Crippen LogP contribution in [0.5, 0.6) is 0 Å². The van der Waals surface area contributed by atoms with Crippen molar-refractivity contribution in [2.24, 2.45) is 0 Å². The standard InChI is InChI=1S/C5H9NO2/c1-4-5(7)6(2)3-8-4/h4H,3H2,1-2H3/t4-/m0/s1. The highest BCUT2D eigenvalue weighted by Gasteiger charge is 2.24. The van der Waals surface area contributed by atoms with E-state index in [0.717, 1.165) is 0 Å². The Labute approximate surface area is 48.2 Å². The van der Waals surface area contributed by atoms with Crippen LogP contribution in [0.1, 0.15) is 6.92 Å². The fourth-order valence-electron chi connectivity index (χ4n) is 0.669. The minimum atomic E-state index is -0.222. The van der Waals surface area contributed by atoms with Crippen LogP contribution in [0.2, 0.25) is 0 Å². The van der Waals surface area contributed by atoms with E-state index >= 15 is 0 Å². The first kappa shape index (κ1) is 5.56. The number of carbonyl (C=O) groups is 1. The largest absolute Gasteiger partial charge is 0.348 e. The van der Waals surface area contributed by atoms with Crippen LogP contribution in [0, 0.1) is 0 Å². The average molecular weight is 115 g/mol. The van der Waals surface area contributed by atoms with Gasteiger partial charge in [0, 0.05) is 7.05 Å². The van der Waals surface area contributed by atoms with Crippen LogP contribution < -0.4 is 0 Å². The molecule has 46 valence electrons. The van der Waals surface area contributed by atoms with Gasteiger partial charge in [0.1, 0.15) is 12.8 Å². The monoisotopic (exact) mass is 115 g/mol. The van der Waals surface area contributed by atoms with Crippen LogP contribution in [0.3, 0.4) is 0 Å². The summed E-state index contributed by atoms with van der Waals surface area (Å²) >= 11 is 0. The topological polar surface area (TPSA) is 29.5 Å². The summed E-state index contributed by atoms with van der Waals surface area (Å²) in [5.74, 6) is 0.0741. The lowest BCUT2D eigenvalue weighted by Crippen LogP contribution is -2.23. The summed E-state index contributed by atoms with van der Waals surface area (Å²) in [5, 5.41) is 0. The normalized spacial score (nSPS) is 29.5. The van der Waals surface area contributed by atoms with E-state index in [1.165, 1.54) is 0 Å². The van der Waals surface area contributed by atoms with Crippen molar-refractivity contribution in [2.75, 3.05) is 13.8 Å². The van der Waals surface area contributed by atoms with Crippen LogP contribution in [0.25, 0.3) is 0 Å². The molecule has 0 bridgehead atoms. The predicted molar refractivity (Wildman–Crippen MR) is 28.2 cm³/mol. The third-order valence-electron chi connectivity index (χ3n) is 1.24. The zero-order valence-electron chi connectivity index (χ0n) is 5.05. The number of rotatable bonds is 0. The summed E-state index contributed by atoms with van der Waals surface area (Å²) in [6, 6.07) is 0. The second-order valence-electron chi connectivity index (χ2n) is 1.97. The Bertz CT molecular complexity index is 101. The summed E-state index contributed by atoms with van der Waals surface area (Å²) in [6.07, 6.45) is -0.222. The third-order valence-corrected chi connectivity index (χ3v) is 1.24. The van der Waals surface area contributed by atoms with E-state index in [1.54, 1.807) is 18.9 Å². The zero-order valence-corrected chi connectivity index (χ0v) is 5.05. The molecule has 1 heterocycles. The molecule has 1 atom stereocenters. The number of hydrogen-bond acceptors (Lipinski definition) is 2. The molecule has 0 unspecified atom stereocenters. The first-order chi connectivity index (χ1) is 3.72. The molecule has 0 N–H and O–H groups in total. The highest BCUT2D eigenvalue weighted by atomic mass is 16.5. The summed E-state index contributed by atoms with van der Waals surface area (Å²) < 4.78 is 4.95. The van der Waals surface area contributed by atoms with Crippen LogP contribution in [-0.2, 0) is 9.53 Å². The Morgan fingerprint density at radius 1 is 1.88 bits per heavy atom. The maximum Gasteiger partial charge on any atom is 0.253 e. The number of hydrogen-bond donors (Lipinski definition) is 0. The summed E-state index contributed by atoms with van der Waals surface area (Å²) in [5.41, 5.74) is 0. The van der Waals surface area contributed by atoms with Gasteiger partial charge >= 0.3 is 0 Å². The van der Waals surface area contributed by atoms with Gasteiger partial charge < -0.3 is 9.64 Å². The lowest BCUT2D eigenvalue weighted by molar-refractivity contribution is -0.128. The predicted octanol–water partition coefficient (Wildman–Crippen LogP) is -0.179. The van der Waals surface area contributed by atoms with E-state index in [1.807, 2.05) is 0 Å². The molecule has 0 aliphatic carbocycles. The lowest BCUT2D eigenvalue weighted by atomic mass is 10.4. The number of ether oxygens (including phenoxy) is 1. The first-order valence-electron chi connectivity index (χ1n) is 2.58. The summed E-state index contributed by atoms with van der Waals surface area (Å²) in [4.78, 5) is 12.3. The van der Waals surface area contributed by atoms with Gasteiger partial charge in [-0.2, -0.15) is 0 Å². The molecule has 3 heteroatoms. The maximum absolute atomic E-state index is 10.7. The third kappa shape index (κ3) is 0.690. The molecule has 1 aliphatic rings. The Kier molecular flexibility index (Phi) is 1.21. The average Bonchev–Trinajstić information content (AvgIpc) is 1.98. The molecule has 1 aliphatic heterocycles. The molecular weight excluding hydrogens is 106 g/mol. The summed E-state index contributed by atoms with van der Waals surface area (Å²) in [7, 11) is 1.73. The van der Waals surface area contributed by atoms with Crippen molar-refractivity contribution >= 4 is 5.91 Å². The fourth-order valence-corrected chi connectivity index (χ4v) is 0.669. The first-order valence-corrected chi connectivity index (χ1v) is 2.58. The van der Waals surface area contributed by atoms with Crippen LogP contribution in [0.4, 0.5) is 0 Å². The molecule has 0 radical (unpaired) electrons. The molecule has 3 nitrogen and oxygen atoms in total. The number of carbonyl (C=O) groups excluding carboxylic acids is 1. The van der Waals surface area contributed by atoms with Gasteiger partial charge in [-0.25, -0.2) is 0 Å². The Morgan fingerprint density at radius 3 is 2.62 bits per heavy atom. The van der Waals surface area contributed by atoms with Crippen molar-refractivity contribution in [2.45, 2.75) is 13.0 Å². The molecule has 0 aromatic carbocycles. The minimum absolute atomic E-state index is 0.0741. The van der Waals surface area contributed by atoms with Gasteiger partial charge in [0.15, 0.2) is 0 Å². The van der Waals surface area contributed by atoms with Crippen molar-refractivity contribution in [1.29, 1.82) is 0 Å². The van der Waals surface area contributed by atoms with E-state index in [9.17, 15) is 4.79 Å². The van der Waals surface area contributed by atoms with E-state index in [0.29, 0.717) is 6.73 Å². The molecule has 1 rings (SSSR count). The zero-order chi connectivity index (χ0) is 6.15. The van der Waals surface area contributed by atoms with Crippen molar-refractivity contribution in [3.05, 3.63) is 0 Å². The SMILES string of the molecule is C[C@@H]1OCN(C)C1=O. The molecular formula is C5H9NO2. The highest BCUT2D eigenvalue weighted by Crippen LogP contribution is 2.04. The Morgan fingerprint density at radius 2 is 2.50 bits per heavy atom. The van der Waals surface area contributed by atoms with E-state index in [-0.39, 0.29) is 12.0 Å². The highest BCUT2D eigenvalue weighted by molar-refractivity contribution is 5.81. The van der Waals surface area contributed by atoms with Gasteiger partial charge in [-0.15, -0.1) is 0 Å². The minimum Gasteiger partial charge on any atom is -0.348 e. The maximum atomic E-state index is 10.7. The lowest BCUT2D eigenvalue weighted by Gasteiger charge is -2.01. The number of nitrogens with zero attached hydrogens (tertiary/aromatic N) is 1. The second kappa shape index (κ2) is 1.74. The van der Waals surface area contributed by atoms with Crippen LogP contribution in [-0.4, -0.2) is 30.7 Å². The molecule has 0 aromatic heterocycles. The second-order valence-corrected chi connectivity index (χ2v) is 1.97. The van der Waals surface area contributed by atoms with E-state index in [2.05, 4.69) is 0 Å². The van der Waals surface area contributed by atoms with Gasteiger partial charge in [0.25, 0.3) is 5.91 Å². The van der Waals surface area contributed by atoms with Crippen molar-refractivity contribution in [1.82, 2.24) is 4.90 Å². The van der Waals surface area contributed by atoms with Gasteiger partial charge in [-0.3, -0.25) is 4.79 Å². The molecule has 0 spiro atoms. The Hall–Kier alpha value is -0.570. The molecule has 0 aromatic rings.